The van der Waals surface area contributed by atoms with Crippen molar-refractivity contribution in [3.05, 3.63) is 47.5 Å². The second-order valence-corrected chi connectivity index (χ2v) is 5.44. The minimum absolute atomic E-state index is 0.217. The Labute approximate surface area is 136 Å². The van der Waals surface area contributed by atoms with Crippen molar-refractivity contribution < 1.29 is 19.0 Å². The van der Waals surface area contributed by atoms with Crippen LogP contribution in [0.25, 0.3) is 0 Å². The van der Waals surface area contributed by atoms with E-state index >= 15 is 0 Å². The van der Waals surface area contributed by atoms with E-state index in [0.29, 0.717) is 28.5 Å². The molecule has 2 aromatic rings. The predicted molar refractivity (Wildman–Crippen MR) is 89.2 cm³/mol. The molecule has 122 valence electrons. The first-order valence-corrected chi connectivity index (χ1v) is 7.33. The molecule has 23 heavy (non-hydrogen) atoms. The quantitative estimate of drug-likeness (QED) is 0.668. The largest absolute Gasteiger partial charge is 0.497 e. The number of nitrogens with two attached hydrogens (primary N) is 1. The summed E-state index contributed by atoms with van der Waals surface area (Å²) in [5, 5.41) is 0. The summed E-state index contributed by atoms with van der Waals surface area (Å²) in [5.74, 6) is 1.38. The summed E-state index contributed by atoms with van der Waals surface area (Å²) in [6.45, 7) is 5.44. The van der Waals surface area contributed by atoms with Gasteiger partial charge in [-0.3, -0.25) is 0 Å². The number of hydrogen-bond acceptors (Lipinski definition) is 5. The van der Waals surface area contributed by atoms with Gasteiger partial charge in [-0.15, -0.1) is 0 Å². The molecule has 0 radical (unpaired) electrons. The maximum absolute atomic E-state index is 12.1. The predicted octanol–water partition coefficient (Wildman–Crippen LogP) is 3.94. The van der Waals surface area contributed by atoms with Crippen molar-refractivity contribution in [3.8, 4) is 17.2 Å². The van der Waals surface area contributed by atoms with Gasteiger partial charge >= 0.3 is 5.97 Å². The molecule has 5 heteroatoms. The van der Waals surface area contributed by atoms with Crippen LogP contribution in [0.15, 0.2) is 36.4 Å². The van der Waals surface area contributed by atoms with E-state index in [4.69, 9.17) is 19.9 Å². The number of carbonyl (C=O) groups is 1. The van der Waals surface area contributed by atoms with E-state index in [1.807, 2.05) is 25.1 Å². The van der Waals surface area contributed by atoms with E-state index in [9.17, 15) is 4.79 Å². The fraction of sp³-hybridized carbons (Fsp3) is 0.278. The second kappa shape index (κ2) is 7.05. The third-order valence-electron chi connectivity index (χ3n) is 3.18. The van der Waals surface area contributed by atoms with Gasteiger partial charge in [0.15, 0.2) is 0 Å². The molecule has 0 aliphatic rings. The average Bonchev–Trinajstić information content (AvgIpc) is 2.49. The maximum Gasteiger partial charge on any atom is 0.340 e. The van der Waals surface area contributed by atoms with Crippen molar-refractivity contribution >= 4 is 11.7 Å². The Morgan fingerprint density at radius 1 is 1.13 bits per heavy atom. The van der Waals surface area contributed by atoms with Crippen LogP contribution in [0.1, 0.15) is 29.8 Å². The number of nitrogen functional groups attached to an aromatic ring is 1. The molecule has 0 unspecified atom stereocenters. The number of ether oxygens (including phenoxy) is 3. The van der Waals surface area contributed by atoms with Gasteiger partial charge in [-0.25, -0.2) is 4.79 Å². The zero-order valence-electron chi connectivity index (χ0n) is 13.8. The Morgan fingerprint density at radius 3 is 2.48 bits per heavy atom. The molecule has 0 saturated heterocycles. The van der Waals surface area contributed by atoms with Crippen LogP contribution < -0.4 is 15.2 Å². The van der Waals surface area contributed by atoms with Gasteiger partial charge < -0.3 is 19.9 Å². The van der Waals surface area contributed by atoms with Gasteiger partial charge in [-0.05, 0) is 50.6 Å². The van der Waals surface area contributed by atoms with Crippen LogP contribution in [0.2, 0.25) is 0 Å². The van der Waals surface area contributed by atoms with Gasteiger partial charge in [0.25, 0.3) is 0 Å². The molecule has 0 spiro atoms. The second-order valence-electron chi connectivity index (χ2n) is 5.44. The van der Waals surface area contributed by atoms with Gasteiger partial charge in [0, 0.05) is 11.8 Å². The highest BCUT2D eigenvalue weighted by molar-refractivity contribution is 5.96. The van der Waals surface area contributed by atoms with E-state index in [-0.39, 0.29) is 6.10 Å². The van der Waals surface area contributed by atoms with Crippen molar-refractivity contribution in [1.29, 1.82) is 0 Å². The number of anilines is 1. The number of hydrogen-bond donors (Lipinski definition) is 1. The highest BCUT2D eigenvalue weighted by atomic mass is 16.5. The molecule has 0 atom stereocenters. The summed E-state index contributed by atoms with van der Waals surface area (Å²) in [7, 11) is 1.59. The lowest BCUT2D eigenvalue weighted by Crippen LogP contribution is -2.13. The van der Waals surface area contributed by atoms with Gasteiger partial charge in [0.1, 0.15) is 17.2 Å². The van der Waals surface area contributed by atoms with E-state index in [0.717, 1.165) is 5.56 Å². The monoisotopic (exact) mass is 315 g/mol. The van der Waals surface area contributed by atoms with Gasteiger partial charge in [-0.2, -0.15) is 0 Å². The van der Waals surface area contributed by atoms with E-state index in [1.54, 1.807) is 39.2 Å². The van der Waals surface area contributed by atoms with Crippen molar-refractivity contribution in [2.45, 2.75) is 26.9 Å². The smallest absolute Gasteiger partial charge is 0.340 e. The highest BCUT2D eigenvalue weighted by Crippen LogP contribution is 2.31. The molecule has 0 heterocycles. The molecule has 0 aliphatic heterocycles. The fourth-order valence-corrected chi connectivity index (χ4v) is 2.07. The minimum atomic E-state index is -0.465. The number of benzene rings is 2. The molecule has 5 nitrogen and oxygen atoms in total. The van der Waals surface area contributed by atoms with Crippen molar-refractivity contribution in [2.75, 3.05) is 12.8 Å². The summed E-state index contributed by atoms with van der Waals surface area (Å²) in [5.41, 5.74) is 7.42. The summed E-state index contributed by atoms with van der Waals surface area (Å²) >= 11 is 0. The van der Waals surface area contributed by atoms with E-state index < -0.39 is 5.97 Å². The van der Waals surface area contributed by atoms with Crippen LogP contribution in [0.3, 0.4) is 0 Å². The highest BCUT2D eigenvalue weighted by Gasteiger charge is 2.16. The van der Waals surface area contributed by atoms with Crippen LogP contribution in [-0.2, 0) is 4.74 Å². The number of esters is 1. The number of rotatable bonds is 5. The van der Waals surface area contributed by atoms with Crippen LogP contribution >= 0.6 is 0 Å². The van der Waals surface area contributed by atoms with Crippen LogP contribution in [0.4, 0.5) is 5.69 Å². The number of carbonyl (C=O) groups excluding carboxylic acids is 1. The summed E-state index contributed by atoms with van der Waals surface area (Å²) in [6, 6.07) is 10.5. The lowest BCUT2D eigenvalue weighted by Gasteiger charge is -2.14. The molecule has 2 rings (SSSR count). The molecule has 2 aromatic carbocycles. The molecule has 0 amide bonds. The van der Waals surface area contributed by atoms with Gasteiger partial charge in [0.05, 0.1) is 18.8 Å². The Hall–Kier alpha value is -2.69. The topological polar surface area (TPSA) is 70.8 Å². The summed E-state index contributed by atoms with van der Waals surface area (Å²) in [6.07, 6.45) is -0.217. The summed E-state index contributed by atoms with van der Waals surface area (Å²) < 4.78 is 16.2. The van der Waals surface area contributed by atoms with Crippen molar-refractivity contribution in [2.24, 2.45) is 0 Å². The maximum atomic E-state index is 12.1. The molecule has 2 N–H and O–H groups in total. The molecular formula is C18H21NO4. The number of methoxy groups -OCH3 is 1. The third kappa shape index (κ3) is 4.16. The number of aryl methyl sites for hydroxylation is 1. The first-order valence-electron chi connectivity index (χ1n) is 7.33. The zero-order valence-corrected chi connectivity index (χ0v) is 13.8. The lowest BCUT2D eigenvalue weighted by molar-refractivity contribution is 0.0379. The molecule has 0 saturated carbocycles. The Balaban J connectivity index is 2.33. The lowest BCUT2D eigenvalue weighted by atomic mass is 10.1. The van der Waals surface area contributed by atoms with E-state index in [2.05, 4.69) is 0 Å². The fourth-order valence-electron chi connectivity index (χ4n) is 2.07. The standard InChI is InChI=1S/C18H21NO4/c1-11(2)22-18(20)15-10-17(12(3)8-16(15)19)23-14-7-5-6-13(9-14)21-4/h5-11H,19H2,1-4H3. The Morgan fingerprint density at radius 2 is 1.83 bits per heavy atom. The van der Waals surface area contributed by atoms with Gasteiger partial charge in [-0.1, -0.05) is 6.07 Å². The molecule has 0 aromatic heterocycles. The first kappa shape index (κ1) is 16.7. The SMILES string of the molecule is COc1cccc(Oc2cc(C(=O)OC(C)C)c(N)cc2C)c1. The Bertz CT molecular complexity index is 710. The first-order chi connectivity index (χ1) is 10.9. The van der Waals surface area contributed by atoms with E-state index in [1.165, 1.54) is 0 Å². The molecule has 0 aliphatic carbocycles. The normalized spacial score (nSPS) is 10.5. The average molecular weight is 315 g/mol. The third-order valence-corrected chi connectivity index (χ3v) is 3.18. The molecular weight excluding hydrogens is 294 g/mol. The minimum Gasteiger partial charge on any atom is -0.497 e. The molecule has 0 bridgehead atoms. The van der Waals surface area contributed by atoms with Crippen LogP contribution in [-0.4, -0.2) is 19.2 Å². The van der Waals surface area contributed by atoms with Crippen LogP contribution in [0, 0.1) is 6.92 Å². The van der Waals surface area contributed by atoms with Crippen molar-refractivity contribution in [3.63, 3.8) is 0 Å². The Kier molecular flexibility index (Phi) is 5.11. The van der Waals surface area contributed by atoms with Crippen LogP contribution in [0.5, 0.6) is 17.2 Å². The van der Waals surface area contributed by atoms with Crippen molar-refractivity contribution in [1.82, 2.24) is 0 Å². The summed E-state index contributed by atoms with van der Waals surface area (Å²) in [4.78, 5) is 12.1. The molecule has 0 fully saturated rings. The van der Waals surface area contributed by atoms with Gasteiger partial charge in [0.2, 0.25) is 0 Å². The zero-order chi connectivity index (χ0) is 17.0.